The molecule has 0 aliphatic rings. The van der Waals surface area contributed by atoms with Crippen LogP contribution in [0.1, 0.15) is 25.0 Å². The molecule has 0 radical (unpaired) electrons. The fourth-order valence-electron chi connectivity index (χ4n) is 1.20. The number of hydrogen-bond donors (Lipinski definition) is 0. The first-order chi connectivity index (χ1) is 6.79. The van der Waals surface area contributed by atoms with Crippen molar-refractivity contribution in [1.29, 1.82) is 5.26 Å². The lowest BCUT2D eigenvalue weighted by atomic mass is 9.84. The van der Waals surface area contributed by atoms with Gasteiger partial charge in [-0.25, -0.2) is 0 Å². The first-order valence-corrected chi connectivity index (χ1v) is 4.22. The molecule has 1 aromatic heterocycles. The molecule has 0 aliphatic carbocycles. The van der Waals surface area contributed by atoms with Gasteiger partial charge in [0.15, 0.2) is 0 Å². The summed E-state index contributed by atoms with van der Waals surface area (Å²) in [6, 6.07) is 2.71. The molecular formula is C10H9F3N2. The maximum Gasteiger partial charge on any atom is 0.416 e. The van der Waals surface area contributed by atoms with E-state index >= 15 is 0 Å². The van der Waals surface area contributed by atoms with Gasteiger partial charge in [-0.3, -0.25) is 4.98 Å². The van der Waals surface area contributed by atoms with Gasteiger partial charge in [-0.05, 0) is 19.9 Å². The van der Waals surface area contributed by atoms with Crippen LogP contribution in [0.5, 0.6) is 0 Å². The molecule has 0 spiro atoms. The molecule has 0 bridgehead atoms. The number of pyridine rings is 1. The SMILES string of the molecule is CC(C)(C#N)c1cnccc1C(F)(F)F. The van der Waals surface area contributed by atoms with Crippen LogP contribution in [0, 0.1) is 11.3 Å². The van der Waals surface area contributed by atoms with Gasteiger partial charge in [0, 0.05) is 18.0 Å². The zero-order chi connectivity index (χ0) is 11.7. The molecule has 0 fully saturated rings. The van der Waals surface area contributed by atoms with Gasteiger partial charge >= 0.3 is 6.18 Å². The van der Waals surface area contributed by atoms with Crippen LogP contribution >= 0.6 is 0 Å². The number of alkyl halides is 3. The minimum atomic E-state index is -4.45. The Kier molecular flexibility index (Phi) is 2.71. The second-order valence-corrected chi connectivity index (χ2v) is 3.66. The monoisotopic (exact) mass is 214 g/mol. The van der Waals surface area contributed by atoms with E-state index in [2.05, 4.69) is 4.98 Å². The van der Waals surface area contributed by atoms with E-state index in [1.807, 2.05) is 6.07 Å². The minimum absolute atomic E-state index is 0.0972. The van der Waals surface area contributed by atoms with Crippen molar-refractivity contribution in [2.45, 2.75) is 25.4 Å². The molecule has 80 valence electrons. The quantitative estimate of drug-likeness (QED) is 0.720. The maximum atomic E-state index is 12.6. The summed E-state index contributed by atoms with van der Waals surface area (Å²) in [5, 5.41) is 8.79. The summed E-state index contributed by atoms with van der Waals surface area (Å²) < 4.78 is 37.7. The van der Waals surface area contributed by atoms with Crippen LogP contribution in [-0.2, 0) is 11.6 Å². The number of aromatic nitrogens is 1. The lowest BCUT2D eigenvalue weighted by Gasteiger charge is -2.20. The topological polar surface area (TPSA) is 36.7 Å². The van der Waals surface area contributed by atoms with Crippen molar-refractivity contribution < 1.29 is 13.2 Å². The lowest BCUT2D eigenvalue weighted by Crippen LogP contribution is -2.21. The predicted octanol–water partition coefficient (Wildman–Crippen LogP) is 2.90. The first kappa shape index (κ1) is 11.5. The van der Waals surface area contributed by atoms with Crippen molar-refractivity contribution in [1.82, 2.24) is 4.98 Å². The fourth-order valence-corrected chi connectivity index (χ4v) is 1.20. The van der Waals surface area contributed by atoms with Crippen LogP contribution in [0.4, 0.5) is 13.2 Å². The van der Waals surface area contributed by atoms with E-state index in [1.165, 1.54) is 13.8 Å². The van der Waals surface area contributed by atoms with Crippen molar-refractivity contribution in [3.63, 3.8) is 0 Å². The molecule has 0 atom stereocenters. The Morgan fingerprint density at radius 1 is 1.27 bits per heavy atom. The van der Waals surface area contributed by atoms with Crippen LogP contribution in [0.2, 0.25) is 0 Å². The molecule has 0 aliphatic heterocycles. The van der Waals surface area contributed by atoms with E-state index < -0.39 is 17.2 Å². The number of halogens is 3. The van der Waals surface area contributed by atoms with Gasteiger partial charge in [0.1, 0.15) is 0 Å². The highest BCUT2D eigenvalue weighted by Crippen LogP contribution is 2.36. The standard InChI is InChI=1S/C10H9F3N2/c1-9(2,6-14)8-5-15-4-3-7(8)10(11,12)13/h3-5H,1-2H3. The molecule has 0 N–H and O–H groups in total. The van der Waals surface area contributed by atoms with E-state index in [1.54, 1.807) is 0 Å². The molecule has 2 nitrogen and oxygen atoms in total. The minimum Gasteiger partial charge on any atom is -0.264 e. The van der Waals surface area contributed by atoms with Gasteiger partial charge < -0.3 is 0 Å². The second-order valence-electron chi connectivity index (χ2n) is 3.66. The van der Waals surface area contributed by atoms with Crippen molar-refractivity contribution in [2.75, 3.05) is 0 Å². The van der Waals surface area contributed by atoms with E-state index in [0.29, 0.717) is 0 Å². The third-order valence-corrected chi connectivity index (χ3v) is 2.08. The van der Waals surface area contributed by atoms with Crippen molar-refractivity contribution in [3.05, 3.63) is 29.6 Å². The lowest BCUT2D eigenvalue weighted by molar-refractivity contribution is -0.138. The predicted molar refractivity (Wildman–Crippen MR) is 47.9 cm³/mol. The van der Waals surface area contributed by atoms with E-state index in [9.17, 15) is 13.2 Å². The molecule has 0 saturated carbocycles. The third kappa shape index (κ3) is 2.27. The Morgan fingerprint density at radius 3 is 2.33 bits per heavy atom. The molecule has 5 heteroatoms. The highest BCUT2D eigenvalue weighted by molar-refractivity contribution is 5.36. The van der Waals surface area contributed by atoms with E-state index in [-0.39, 0.29) is 5.56 Å². The maximum absolute atomic E-state index is 12.6. The smallest absolute Gasteiger partial charge is 0.264 e. The Hall–Kier alpha value is -1.57. The zero-order valence-corrected chi connectivity index (χ0v) is 8.26. The van der Waals surface area contributed by atoms with Crippen molar-refractivity contribution >= 4 is 0 Å². The van der Waals surface area contributed by atoms with Crippen molar-refractivity contribution in [3.8, 4) is 6.07 Å². The molecule has 1 aromatic rings. The summed E-state index contributed by atoms with van der Waals surface area (Å²) in [5.41, 5.74) is -2.09. The first-order valence-electron chi connectivity index (χ1n) is 4.22. The summed E-state index contributed by atoms with van der Waals surface area (Å²) in [4.78, 5) is 3.62. The molecule has 0 saturated heterocycles. The van der Waals surface area contributed by atoms with Crippen LogP contribution in [-0.4, -0.2) is 4.98 Å². The number of nitrogens with zero attached hydrogens (tertiary/aromatic N) is 2. The highest BCUT2D eigenvalue weighted by Gasteiger charge is 2.37. The number of hydrogen-bond acceptors (Lipinski definition) is 2. The zero-order valence-electron chi connectivity index (χ0n) is 8.26. The fraction of sp³-hybridized carbons (Fsp3) is 0.400. The number of nitriles is 1. The Labute approximate surface area is 85.4 Å². The van der Waals surface area contributed by atoms with Gasteiger partial charge in [0.25, 0.3) is 0 Å². The van der Waals surface area contributed by atoms with E-state index in [4.69, 9.17) is 5.26 Å². The summed E-state index contributed by atoms with van der Waals surface area (Å²) in [5.74, 6) is 0. The Bertz CT molecular complexity index is 402. The van der Waals surface area contributed by atoms with Gasteiger partial charge in [-0.15, -0.1) is 0 Å². The van der Waals surface area contributed by atoms with Crippen LogP contribution in [0.3, 0.4) is 0 Å². The largest absolute Gasteiger partial charge is 0.416 e. The Balaban J connectivity index is 3.39. The van der Waals surface area contributed by atoms with Gasteiger partial charge in [-0.1, -0.05) is 0 Å². The summed E-state index contributed by atoms with van der Waals surface area (Å²) in [6.07, 6.45) is -2.29. The van der Waals surface area contributed by atoms with Crippen LogP contribution < -0.4 is 0 Å². The normalized spacial score (nSPS) is 12.3. The Morgan fingerprint density at radius 2 is 1.87 bits per heavy atom. The average molecular weight is 214 g/mol. The molecule has 1 rings (SSSR count). The molecular weight excluding hydrogens is 205 g/mol. The second kappa shape index (κ2) is 3.54. The highest BCUT2D eigenvalue weighted by atomic mass is 19.4. The summed E-state index contributed by atoms with van der Waals surface area (Å²) in [7, 11) is 0. The molecule has 0 amide bonds. The van der Waals surface area contributed by atoms with Crippen LogP contribution in [0.25, 0.3) is 0 Å². The van der Waals surface area contributed by atoms with Crippen LogP contribution in [0.15, 0.2) is 18.5 Å². The molecule has 0 unspecified atom stereocenters. The average Bonchev–Trinajstić information content (AvgIpc) is 2.16. The van der Waals surface area contributed by atoms with Gasteiger partial charge in [0.05, 0.1) is 17.0 Å². The third-order valence-electron chi connectivity index (χ3n) is 2.08. The molecule has 15 heavy (non-hydrogen) atoms. The van der Waals surface area contributed by atoms with Gasteiger partial charge in [-0.2, -0.15) is 18.4 Å². The van der Waals surface area contributed by atoms with E-state index in [0.717, 1.165) is 18.5 Å². The van der Waals surface area contributed by atoms with Crippen molar-refractivity contribution in [2.24, 2.45) is 0 Å². The number of rotatable bonds is 1. The summed E-state index contributed by atoms with van der Waals surface area (Å²) >= 11 is 0. The summed E-state index contributed by atoms with van der Waals surface area (Å²) in [6.45, 7) is 2.86. The molecule has 1 heterocycles. The molecule has 0 aromatic carbocycles. The van der Waals surface area contributed by atoms with Gasteiger partial charge in [0.2, 0.25) is 0 Å².